The van der Waals surface area contributed by atoms with E-state index in [0.717, 1.165) is 22.4 Å². The second-order valence-corrected chi connectivity index (χ2v) is 5.86. The van der Waals surface area contributed by atoms with E-state index in [-0.39, 0.29) is 11.7 Å². The Hall–Kier alpha value is -2.95. The lowest BCUT2D eigenvalue weighted by molar-refractivity contribution is 0.0953. The van der Waals surface area contributed by atoms with Crippen LogP contribution in [0.15, 0.2) is 48.2 Å². The van der Waals surface area contributed by atoms with Gasteiger partial charge in [-0.25, -0.2) is 5.48 Å². The molecule has 0 saturated heterocycles. The molecule has 2 aromatic carbocycles. The topological polar surface area (TPSA) is 70.6 Å². The molecule has 0 unspecified atom stereocenters. The van der Waals surface area contributed by atoms with Crippen molar-refractivity contribution in [1.82, 2.24) is 10.8 Å². The van der Waals surface area contributed by atoms with Gasteiger partial charge in [-0.05, 0) is 49.8 Å². The van der Waals surface area contributed by atoms with Crippen LogP contribution in [0, 0.1) is 6.92 Å². The third kappa shape index (κ3) is 3.35. The number of aromatic hydroxyl groups is 1. The Bertz CT molecular complexity index is 795. The van der Waals surface area contributed by atoms with Gasteiger partial charge in [-0.2, -0.15) is 0 Å². The second-order valence-electron chi connectivity index (χ2n) is 5.86. The quantitative estimate of drug-likeness (QED) is 0.808. The fourth-order valence-electron chi connectivity index (χ4n) is 2.60. The minimum absolute atomic E-state index is 0.0944. The number of aryl methyl sites for hydroxylation is 1. The maximum Gasteiger partial charge on any atom is 0.251 e. The van der Waals surface area contributed by atoms with Gasteiger partial charge in [0.05, 0.1) is 5.70 Å². The number of amides is 1. The average molecular weight is 324 g/mol. The third-order valence-electron chi connectivity index (χ3n) is 4.08. The number of phenols is 1. The van der Waals surface area contributed by atoms with Crippen LogP contribution in [0.3, 0.4) is 0 Å². The molecule has 124 valence electrons. The van der Waals surface area contributed by atoms with E-state index in [1.165, 1.54) is 0 Å². The van der Waals surface area contributed by atoms with E-state index in [0.29, 0.717) is 24.3 Å². The molecule has 1 heterocycles. The molecule has 1 aliphatic rings. The van der Waals surface area contributed by atoms with Crippen LogP contribution in [-0.4, -0.2) is 17.6 Å². The molecule has 0 bridgehead atoms. The Labute approximate surface area is 140 Å². The summed E-state index contributed by atoms with van der Waals surface area (Å²) in [5, 5.41) is 12.5. The summed E-state index contributed by atoms with van der Waals surface area (Å²) in [6, 6.07) is 12.4. The smallest absolute Gasteiger partial charge is 0.251 e. The highest BCUT2D eigenvalue weighted by Gasteiger charge is 2.17. The van der Waals surface area contributed by atoms with Gasteiger partial charge in [-0.3, -0.25) is 4.79 Å². The summed E-state index contributed by atoms with van der Waals surface area (Å²) >= 11 is 0. The van der Waals surface area contributed by atoms with Gasteiger partial charge in [-0.15, -0.1) is 0 Å². The lowest BCUT2D eigenvalue weighted by Gasteiger charge is -2.23. The van der Waals surface area contributed by atoms with Gasteiger partial charge in [0.1, 0.15) is 5.75 Å². The van der Waals surface area contributed by atoms with E-state index >= 15 is 0 Å². The molecular formula is C19H20N2O3. The van der Waals surface area contributed by atoms with E-state index in [9.17, 15) is 9.90 Å². The molecule has 24 heavy (non-hydrogen) atoms. The first-order chi connectivity index (χ1) is 11.5. The van der Waals surface area contributed by atoms with Gasteiger partial charge in [0, 0.05) is 24.1 Å². The van der Waals surface area contributed by atoms with Crippen molar-refractivity contribution < 1.29 is 14.7 Å². The van der Waals surface area contributed by atoms with Crippen LogP contribution >= 0.6 is 0 Å². The molecule has 2 aromatic rings. The Balaban J connectivity index is 1.63. The summed E-state index contributed by atoms with van der Waals surface area (Å²) in [5.74, 6) is 0.784. The van der Waals surface area contributed by atoms with Crippen LogP contribution in [0.2, 0.25) is 0 Å². The van der Waals surface area contributed by atoms with Gasteiger partial charge in [0.15, 0.2) is 5.75 Å². The van der Waals surface area contributed by atoms with Crippen molar-refractivity contribution in [2.75, 3.05) is 6.54 Å². The SMILES string of the molecule is CC1=C(CCNC(=O)c2ccc(C)cc2)NOc2ccc(O)cc21. The maximum atomic E-state index is 12.1. The number of hydrogen-bond acceptors (Lipinski definition) is 4. The zero-order chi connectivity index (χ0) is 17.1. The predicted molar refractivity (Wildman–Crippen MR) is 92.6 cm³/mol. The van der Waals surface area contributed by atoms with Gasteiger partial charge in [0.2, 0.25) is 0 Å². The fraction of sp³-hybridized carbons (Fsp3) is 0.211. The van der Waals surface area contributed by atoms with E-state index in [4.69, 9.17) is 4.84 Å². The number of benzene rings is 2. The van der Waals surface area contributed by atoms with E-state index in [1.54, 1.807) is 18.2 Å². The Morgan fingerprint density at radius 3 is 2.67 bits per heavy atom. The summed E-state index contributed by atoms with van der Waals surface area (Å²) in [6.45, 7) is 4.44. The predicted octanol–water partition coefficient (Wildman–Crippen LogP) is 3.15. The molecule has 5 heteroatoms. The Kier molecular flexibility index (Phi) is 4.42. The van der Waals surface area contributed by atoms with Crippen LogP contribution in [0.25, 0.3) is 5.57 Å². The largest absolute Gasteiger partial charge is 0.508 e. The first-order valence-corrected chi connectivity index (χ1v) is 7.85. The summed E-state index contributed by atoms with van der Waals surface area (Å²) in [4.78, 5) is 17.6. The van der Waals surface area contributed by atoms with Gasteiger partial charge in [-0.1, -0.05) is 17.7 Å². The van der Waals surface area contributed by atoms with E-state index in [1.807, 2.05) is 38.1 Å². The normalized spacial score (nSPS) is 12.9. The molecule has 3 rings (SSSR count). The Morgan fingerprint density at radius 2 is 1.92 bits per heavy atom. The van der Waals surface area contributed by atoms with Crippen LogP contribution < -0.4 is 15.6 Å². The molecule has 1 aliphatic heterocycles. The number of hydrogen-bond donors (Lipinski definition) is 3. The lowest BCUT2D eigenvalue weighted by atomic mass is 10.0. The molecule has 0 atom stereocenters. The number of nitrogens with one attached hydrogen (secondary N) is 2. The first kappa shape index (κ1) is 15.9. The molecule has 3 N–H and O–H groups in total. The molecular weight excluding hydrogens is 304 g/mol. The van der Waals surface area contributed by atoms with Crippen LogP contribution in [-0.2, 0) is 0 Å². The summed E-state index contributed by atoms with van der Waals surface area (Å²) < 4.78 is 0. The van der Waals surface area contributed by atoms with Crippen molar-refractivity contribution in [2.24, 2.45) is 0 Å². The minimum Gasteiger partial charge on any atom is -0.508 e. The van der Waals surface area contributed by atoms with Gasteiger partial charge in [0.25, 0.3) is 5.91 Å². The number of rotatable bonds is 4. The van der Waals surface area contributed by atoms with Gasteiger partial charge >= 0.3 is 0 Å². The summed E-state index contributed by atoms with van der Waals surface area (Å²) in [6.07, 6.45) is 0.610. The highest BCUT2D eigenvalue weighted by molar-refractivity contribution is 5.94. The molecule has 1 amide bonds. The summed E-state index contributed by atoms with van der Waals surface area (Å²) in [5.41, 5.74) is 7.42. The highest BCUT2D eigenvalue weighted by atomic mass is 16.6. The van der Waals surface area contributed by atoms with Crippen molar-refractivity contribution in [3.63, 3.8) is 0 Å². The first-order valence-electron chi connectivity index (χ1n) is 7.85. The van der Waals surface area contributed by atoms with Crippen LogP contribution in [0.4, 0.5) is 0 Å². The average Bonchev–Trinajstić information content (AvgIpc) is 2.58. The molecule has 0 fully saturated rings. The highest BCUT2D eigenvalue weighted by Crippen LogP contribution is 2.34. The van der Waals surface area contributed by atoms with E-state index < -0.39 is 0 Å². The zero-order valence-electron chi connectivity index (χ0n) is 13.7. The zero-order valence-corrected chi connectivity index (χ0v) is 13.7. The standard InChI is InChI=1S/C19H20N2O3/c1-12-3-5-14(6-4-12)19(23)20-10-9-17-13(2)16-11-15(22)7-8-18(16)24-21-17/h3-8,11,21-22H,9-10H2,1-2H3,(H,20,23). The van der Waals surface area contributed by atoms with Crippen LogP contribution in [0.1, 0.15) is 34.8 Å². The molecule has 0 radical (unpaired) electrons. The number of carbonyl (C=O) groups excluding carboxylic acids is 1. The monoisotopic (exact) mass is 324 g/mol. The fourth-order valence-corrected chi connectivity index (χ4v) is 2.60. The third-order valence-corrected chi connectivity index (χ3v) is 4.08. The number of allylic oxidation sites excluding steroid dienone is 1. The van der Waals surface area contributed by atoms with Gasteiger partial charge < -0.3 is 15.3 Å². The molecule has 0 spiro atoms. The Morgan fingerprint density at radius 1 is 1.17 bits per heavy atom. The number of hydroxylamine groups is 1. The molecule has 0 saturated carbocycles. The van der Waals surface area contributed by atoms with E-state index in [2.05, 4.69) is 10.8 Å². The number of fused-ring (bicyclic) bond motifs is 1. The van der Waals surface area contributed by atoms with Crippen molar-refractivity contribution in [3.8, 4) is 11.5 Å². The number of carbonyl (C=O) groups is 1. The molecule has 0 aromatic heterocycles. The second kappa shape index (κ2) is 6.66. The van der Waals surface area contributed by atoms with Crippen LogP contribution in [0.5, 0.6) is 11.5 Å². The number of phenolic OH excluding ortho intramolecular Hbond substituents is 1. The van der Waals surface area contributed by atoms with Crippen molar-refractivity contribution in [2.45, 2.75) is 20.3 Å². The maximum absolute atomic E-state index is 12.1. The molecule has 0 aliphatic carbocycles. The van der Waals surface area contributed by atoms with Crippen molar-refractivity contribution in [3.05, 3.63) is 64.9 Å². The summed E-state index contributed by atoms with van der Waals surface area (Å²) in [7, 11) is 0. The molecule has 5 nitrogen and oxygen atoms in total. The van der Waals surface area contributed by atoms with Crippen molar-refractivity contribution >= 4 is 11.5 Å². The minimum atomic E-state index is -0.0944. The van der Waals surface area contributed by atoms with Crippen molar-refractivity contribution in [1.29, 1.82) is 0 Å². The lowest BCUT2D eigenvalue weighted by Crippen LogP contribution is -2.29.